The van der Waals surface area contributed by atoms with E-state index in [4.69, 9.17) is 4.74 Å². The predicted octanol–water partition coefficient (Wildman–Crippen LogP) is 2.91. The molecule has 2 fully saturated rings. The summed E-state index contributed by atoms with van der Waals surface area (Å²) >= 11 is 0.993. The van der Waals surface area contributed by atoms with E-state index in [9.17, 15) is 32.7 Å². The highest BCUT2D eigenvalue weighted by atomic mass is 32.2. The molecule has 0 spiro atoms. The van der Waals surface area contributed by atoms with Gasteiger partial charge in [-0.3, -0.25) is 24.1 Å². The predicted molar refractivity (Wildman–Crippen MR) is 134 cm³/mol. The molecule has 3 aliphatic rings. The van der Waals surface area contributed by atoms with Crippen molar-refractivity contribution in [3.63, 3.8) is 0 Å². The van der Waals surface area contributed by atoms with Crippen LogP contribution in [0.3, 0.4) is 0 Å². The number of hydrogen-bond donors (Lipinski definition) is 1. The van der Waals surface area contributed by atoms with Gasteiger partial charge in [0.25, 0.3) is 11.8 Å². The maximum Gasteiger partial charge on any atom is 0.265 e. The molecule has 1 N–H and O–H groups in total. The molecular weight excluding hydrogens is 520 g/mol. The Balaban J connectivity index is 1.56. The second-order valence-corrected chi connectivity index (χ2v) is 12.7. The van der Waals surface area contributed by atoms with Crippen molar-refractivity contribution in [3.05, 3.63) is 40.3 Å². The molecule has 12 heteroatoms. The number of rotatable bonds is 9. The van der Waals surface area contributed by atoms with Gasteiger partial charge in [0.15, 0.2) is 11.5 Å². The summed E-state index contributed by atoms with van der Waals surface area (Å²) in [6.45, 7) is 1.94. The van der Waals surface area contributed by atoms with Crippen LogP contribution in [0.2, 0.25) is 0 Å². The van der Waals surface area contributed by atoms with E-state index in [-0.39, 0.29) is 63.4 Å². The fourth-order valence-corrected chi connectivity index (χ4v) is 6.42. The molecule has 10 nitrogen and oxygen atoms in total. The molecule has 1 aliphatic heterocycles. The van der Waals surface area contributed by atoms with Gasteiger partial charge in [0.1, 0.15) is 14.8 Å². The Morgan fingerprint density at radius 3 is 2.30 bits per heavy atom. The molecule has 0 radical (unpaired) electrons. The van der Waals surface area contributed by atoms with Crippen molar-refractivity contribution in [1.29, 1.82) is 0 Å². The lowest BCUT2D eigenvalue weighted by Gasteiger charge is -2.27. The van der Waals surface area contributed by atoms with Crippen LogP contribution in [0.4, 0.5) is 5.00 Å². The van der Waals surface area contributed by atoms with Crippen molar-refractivity contribution in [3.8, 4) is 11.5 Å². The summed E-state index contributed by atoms with van der Waals surface area (Å²) in [5, 5.41) is 11.7. The number of amides is 4. The summed E-state index contributed by atoms with van der Waals surface area (Å²) in [7, 11) is -3.69. The first-order valence-corrected chi connectivity index (χ1v) is 15.0. The zero-order valence-electron chi connectivity index (χ0n) is 20.3. The second-order valence-electron chi connectivity index (χ2n) is 9.64. The number of anilines is 1. The highest BCUT2D eigenvalue weighted by Gasteiger charge is 2.49. The Morgan fingerprint density at radius 1 is 1.14 bits per heavy atom. The third-order valence-corrected chi connectivity index (χ3v) is 8.48. The van der Waals surface area contributed by atoms with Crippen LogP contribution in [0.1, 0.15) is 64.9 Å². The first-order chi connectivity index (χ1) is 17.5. The lowest BCUT2D eigenvalue weighted by atomic mass is 10.1. The smallest absolute Gasteiger partial charge is 0.265 e. The van der Waals surface area contributed by atoms with E-state index < -0.39 is 33.4 Å². The van der Waals surface area contributed by atoms with Gasteiger partial charge in [-0.25, -0.2) is 13.3 Å². The van der Waals surface area contributed by atoms with Crippen LogP contribution in [0.15, 0.2) is 23.6 Å². The Bertz CT molecular complexity index is 1400. The molecule has 1 atom stereocenters. The maximum absolute atomic E-state index is 13.8. The molecule has 196 valence electrons. The minimum atomic E-state index is -3.69. The molecule has 1 unspecified atom stereocenters. The highest BCUT2D eigenvalue weighted by Crippen LogP contribution is 2.45. The second kappa shape index (κ2) is 9.25. The van der Waals surface area contributed by atoms with E-state index in [0.717, 1.165) is 27.4 Å². The normalized spacial score (nSPS) is 18.1. The van der Waals surface area contributed by atoms with Crippen molar-refractivity contribution < 1.29 is 37.4 Å². The lowest BCUT2D eigenvalue weighted by molar-refractivity contribution is -0.127. The summed E-state index contributed by atoms with van der Waals surface area (Å²) in [4.78, 5) is 55.4. The Hall–Kier alpha value is -3.25. The average molecular weight is 547 g/mol. The van der Waals surface area contributed by atoms with Crippen LogP contribution in [-0.2, 0) is 19.4 Å². The first kappa shape index (κ1) is 25.4. The number of carbonyl (C=O) groups excluding carboxylic acids is 4. The molecule has 1 aromatic carbocycles. The molecule has 5 rings (SSSR count). The molecule has 2 saturated carbocycles. The zero-order valence-corrected chi connectivity index (χ0v) is 21.9. The number of hydrogen-bond acceptors (Lipinski definition) is 9. The van der Waals surface area contributed by atoms with Crippen molar-refractivity contribution in [2.24, 2.45) is 11.8 Å². The van der Waals surface area contributed by atoms with E-state index >= 15 is 0 Å². The van der Waals surface area contributed by atoms with Gasteiger partial charge in [0.2, 0.25) is 11.8 Å². The number of benzene rings is 1. The standard InChI is InChI=1S/C25H26N2O8S2/c1-3-35-19-10-15(8-9-18(19)28)17(12-37(2,33)34)26-23(31)16-11-36-25(20(16)24(26)32)27(21(29)13-4-5-13)22(30)14-6-7-14/h8-11,13-14,17,28H,3-7,12H2,1-2H3. The molecule has 37 heavy (non-hydrogen) atoms. The monoisotopic (exact) mass is 546 g/mol. The average Bonchev–Trinajstić information content (AvgIpc) is 3.75. The number of aromatic hydroxyl groups is 1. The van der Waals surface area contributed by atoms with E-state index in [1.165, 1.54) is 23.6 Å². The van der Waals surface area contributed by atoms with E-state index in [1.54, 1.807) is 6.92 Å². The van der Waals surface area contributed by atoms with Gasteiger partial charge in [-0.1, -0.05) is 6.07 Å². The topological polar surface area (TPSA) is 138 Å². The van der Waals surface area contributed by atoms with Gasteiger partial charge >= 0.3 is 0 Å². The third kappa shape index (κ3) is 4.75. The van der Waals surface area contributed by atoms with Gasteiger partial charge < -0.3 is 9.84 Å². The highest BCUT2D eigenvalue weighted by molar-refractivity contribution is 7.90. The maximum atomic E-state index is 13.8. The summed E-state index contributed by atoms with van der Waals surface area (Å²) in [6.07, 6.45) is 3.66. The van der Waals surface area contributed by atoms with Crippen molar-refractivity contribution in [2.45, 2.75) is 38.6 Å². The fraction of sp³-hybridized carbons (Fsp3) is 0.440. The number of sulfone groups is 1. The van der Waals surface area contributed by atoms with Crippen LogP contribution in [0, 0.1) is 11.8 Å². The molecule has 2 heterocycles. The van der Waals surface area contributed by atoms with Crippen LogP contribution in [-0.4, -0.2) is 60.7 Å². The molecule has 1 aromatic heterocycles. The molecule has 0 saturated heterocycles. The molecular formula is C25H26N2O8S2. The van der Waals surface area contributed by atoms with Gasteiger partial charge in [-0.2, -0.15) is 0 Å². The zero-order chi connectivity index (χ0) is 26.6. The van der Waals surface area contributed by atoms with Crippen LogP contribution in [0.25, 0.3) is 0 Å². The van der Waals surface area contributed by atoms with E-state index in [1.807, 2.05) is 0 Å². The van der Waals surface area contributed by atoms with E-state index in [0.29, 0.717) is 25.7 Å². The molecule has 2 aliphatic carbocycles. The quantitative estimate of drug-likeness (QED) is 0.474. The number of phenols is 1. The van der Waals surface area contributed by atoms with Crippen molar-refractivity contribution in [2.75, 3.05) is 23.5 Å². The number of thiophene rings is 1. The minimum absolute atomic E-state index is 0.0319. The summed E-state index contributed by atoms with van der Waals surface area (Å²) in [5.41, 5.74) is 0.258. The number of carbonyl (C=O) groups is 4. The number of ether oxygens (including phenoxy) is 1. The first-order valence-electron chi connectivity index (χ1n) is 12.0. The number of imide groups is 2. The Labute approximate surface area is 217 Å². The molecule has 2 aromatic rings. The fourth-order valence-electron chi connectivity index (χ4n) is 4.45. The summed E-state index contributed by atoms with van der Waals surface area (Å²) in [6, 6.07) is 2.93. The van der Waals surface area contributed by atoms with Crippen LogP contribution in [0.5, 0.6) is 11.5 Å². The number of fused-ring (bicyclic) bond motifs is 1. The van der Waals surface area contributed by atoms with Gasteiger partial charge in [0.05, 0.1) is 29.5 Å². The molecule has 4 amide bonds. The minimum Gasteiger partial charge on any atom is -0.504 e. The number of nitrogens with zero attached hydrogens (tertiary/aromatic N) is 2. The number of phenolic OH excluding ortho intramolecular Hbond substituents is 1. The molecule has 0 bridgehead atoms. The largest absolute Gasteiger partial charge is 0.504 e. The Kier molecular flexibility index (Phi) is 6.35. The van der Waals surface area contributed by atoms with Gasteiger partial charge in [0, 0.05) is 23.5 Å². The lowest BCUT2D eigenvalue weighted by Crippen LogP contribution is -2.40. The van der Waals surface area contributed by atoms with Crippen LogP contribution < -0.4 is 9.64 Å². The Morgan fingerprint density at radius 2 is 1.76 bits per heavy atom. The summed E-state index contributed by atoms with van der Waals surface area (Å²) < 4.78 is 30.1. The van der Waals surface area contributed by atoms with Gasteiger partial charge in [-0.15, -0.1) is 11.3 Å². The van der Waals surface area contributed by atoms with Gasteiger partial charge in [-0.05, 0) is 50.3 Å². The van der Waals surface area contributed by atoms with Crippen molar-refractivity contribution in [1.82, 2.24) is 4.90 Å². The SMILES string of the molecule is CCOc1cc(C(CS(C)(=O)=O)N2C(=O)c3csc(N(C(=O)C4CC4)C(=O)C4CC4)c3C2=O)ccc1O. The van der Waals surface area contributed by atoms with Crippen molar-refractivity contribution >= 4 is 49.8 Å². The van der Waals surface area contributed by atoms with E-state index in [2.05, 4.69) is 0 Å². The van der Waals surface area contributed by atoms with Crippen LogP contribution >= 0.6 is 11.3 Å². The summed E-state index contributed by atoms with van der Waals surface area (Å²) in [5.74, 6) is -3.42. The third-order valence-electron chi connectivity index (χ3n) is 6.59.